The normalized spacial score (nSPS) is 14.8. The summed E-state index contributed by atoms with van der Waals surface area (Å²) in [6.07, 6.45) is 2.99. The van der Waals surface area contributed by atoms with Gasteiger partial charge in [-0.2, -0.15) is 0 Å². The lowest BCUT2D eigenvalue weighted by Crippen LogP contribution is -2.57. The molecule has 22 heavy (non-hydrogen) atoms. The van der Waals surface area contributed by atoms with E-state index in [9.17, 15) is 19.5 Å². The van der Waals surface area contributed by atoms with Gasteiger partial charge in [0.05, 0.1) is 12.9 Å². The molecular formula is C12H19N5O5. The molecule has 0 spiro atoms. The number of carbonyl (C=O) groups excluding carboxylic acids is 1. The molecule has 7 N–H and O–H groups in total. The zero-order valence-electron chi connectivity index (χ0n) is 11.9. The third-order valence-corrected chi connectivity index (χ3v) is 3.01. The van der Waals surface area contributed by atoms with E-state index < -0.39 is 36.0 Å². The number of imidazole rings is 1. The van der Waals surface area contributed by atoms with Crippen molar-refractivity contribution < 1.29 is 24.6 Å². The summed E-state index contributed by atoms with van der Waals surface area (Å²) >= 11 is 0. The fourth-order valence-corrected chi connectivity index (χ4v) is 1.88. The van der Waals surface area contributed by atoms with Crippen LogP contribution in [0.5, 0.6) is 0 Å². The van der Waals surface area contributed by atoms with Gasteiger partial charge in [0.25, 0.3) is 0 Å². The van der Waals surface area contributed by atoms with Gasteiger partial charge in [-0.3, -0.25) is 14.9 Å². The van der Waals surface area contributed by atoms with Gasteiger partial charge in [-0.05, 0) is 6.92 Å². The lowest BCUT2D eigenvalue weighted by Gasteiger charge is -2.25. The van der Waals surface area contributed by atoms with Crippen LogP contribution in [0.4, 0.5) is 0 Å². The Morgan fingerprint density at radius 1 is 1.36 bits per heavy atom. The van der Waals surface area contributed by atoms with Crippen molar-refractivity contribution in [3.8, 4) is 0 Å². The van der Waals surface area contributed by atoms with Crippen LogP contribution in [0, 0.1) is 0 Å². The van der Waals surface area contributed by atoms with Crippen LogP contribution in [0.25, 0.3) is 0 Å². The van der Waals surface area contributed by atoms with E-state index in [4.69, 9.17) is 10.8 Å². The molecule has 0 aliphatic heterocycles. The fourth-order valence-electron chi connectivity index (χ4n) is 1.88. The van der Waals surface area contributed by atoms with Crippen molar-refractivity contribution in [1.29, 1.82) is 0 Å². The minimum absolute atomic E-state index is 0.0941. The van der Waals surface area contributed by atoms with Gasteiger partial charge in [0.1, 0.15) is 12.1 Å². The molecule has 1 aromatic heterocycles. The number of nitrogens with zero attached hydrogens (tertiary/aromatic N) is 1. The number of carboxylic acids is 2. The van der Waals surface area contributed by atoms with Crippen molar-refractivity contribution in [2.24, 2.45) is 5.73 Å². The molecule has 0 fully saturated rings. The van der Waals surface area contributed by atoms with Crippen LogP contribution < -0.4 is 16.4 Å². The number of aromatic amines is 1. The van der Waals surface area contributed by atoms with Crippen molar-refractivity contribution in [3.05, 3.63) is 18.2 Å². The first-order valence-electron chi connectivity index (χ1n) is 6.53. The van der Waals surface area contributed by atoms with Gasteiger partial charge in [-0.15, -0.1) is 0 Å². The van der Waals surface area contributed by atoms with Gasteiger partial charge < -0.3 is 26.2 Å². The quantitative estimate of drug-likeness (QED) is 0.301. The van der Waals surface area contributed by atoms with Crippen LogP contribution in [0.1, 0.15) is 12.6 Å². The molecule has 0 aliphatic rings. The summed E-state index contributed by atoms with van der Waals surface area (Å²) < 4.78 is 0. The highest BCUT2D eigenvalue weighted by atomic mass is 16.4. The van der Waals surface area contributed by atoms with E-state index in [2.05, 4.69) is 20.6 Å². The monoisotopic (exact) mass is 313 g/mol. The largest absolute Gasteiger partial charge is 0.480 e. The molecule has 0 saturated carbocycles. The number of nitrogens with one attached hydrogen (secondary N) is 3. The summed E-state index contributed by atoms with van der Waals surface area (Å²) in [5.41, 5.74) is 5.72. The van der Waals surface area contributed by atoms with E-state index in [0.717, 1.165) is 0 Å². The Morgan fingerprint density at radius 3 is 2.50 bits per heavy atom. The van der Waals surface area contributed by atoms with Crippen molar-refractivity contribution in [2.45, 2.75) is 31.5 Å². The average Bonchev–Trinajstić information content (AvgIpc) is 2.95. The number of amides is 1. The molecule has 1 aromatic rings. The lowest BCUT2D eigenvalue weighted by molar-refractivity contribution is -0.144. The number of carbonyl (C=O) groups is 3. The molecule has 1 rings (SSSR count). The molecule has 0 aliphatic carbocycles. The first kappa shape index (κ1) is 17.6. The number of aliphatic carboxylic acids is 2. The molecule has 0 bridgehead atoms. The van der Waals surface area contributed by atoms with Crippen molar-refractivity contribution in [2.75, 3.05) is 6.54 Å². The predicted molar refractivity (Wildman–Crippen MR) is 74.9 cm³/mol. The third-order valence-electron chi connectivity index (χ3n) is 3.01. The zero-order valence-corrected chi connectivity index (χ0v) is 11.9. The molecule has 1 amide bonds. The molecule has 3 atom stereocenters. The number of rotatable bonds is 9. The predicted octanol–water partition coefficient (Wildman–Crippen LogP) is -2.09. The Bertz CT molecular complexity index is 518. The molecule has 0 radical (unpaired) electrons. The minimum atomic E-state index is -1.29. The molecule has 1 heterocycles. The highest BCUT2D eigenvalue weighted by Gasteiger charge is 2.30. The Balaban J connectivity index is 2.74. The molecule has 10 nitrogen and oxygen atoms in total. The maximum Gasteiger partial charge on any atom is 0.327 e. The number of hydrogen-bond donors (Lipinski definition) is 6. The van der Waals surface area contributed by atoms with Gasteiger partial charge in [0, 0.05) is 24.4 Å². The Morgan fingerprint density at radius 2 is 2.05 bits per heavy atom. The first-order chi connectivity index (χ1) is 10.3. The average molecular weight is 313 g/mol. The molecular weight excluding hydrogens is 294 g/mol. The van der Waals surface area contributed by atoms with Crippen molar-refractivity contribution in [1.82, 2.24) is 20.6 Å². The number of carboxylic acid groups (broad SMARTS) is 2. The first-order valence-corrected chi connectivity index (χ1v) is 6.53. The topological polar surface area (TPSA) is 170 Å². The summed E-state index contributed by atoms with van der Waals surface area (Å²) in [6, 6.07) is -3.15. The Hall–Kier alpha value is -2.46. The smallest absolute Gasteiger partial charge is 0.327 e. The second kappa shape index (κ2) is 8.10. The van der Waals surface area contributed by atoms with E-state index in [1.807, 2.05) is 0 Å². The highest BCUT2D eigenvalue weighted by Crippen LogP contribution is 2.03. The molecule has 10 heteroatoms. The van der Waals surface area contributed by atoms with E-state index in [0.29, 0.717) is 5.69 Å². The van der Waals surface area contributed by atoms with E-state index in [-0.39, 0.29) is 13.0 Å². The van der Waals surface area contributed by atoms with E-state index in [1.165, 1.54) is 19.4 Å². The minimum Gasteiger partial charge on any atom is -0.480 e. The molecule has 0 unspecified atom stereocenters. The van der Waals surface area contributed by atoms with Crippen molar-refractivity contribution >= 4 is 17.8 Å². The lowest BCUT2D eigenvalue weighted by atomic mass is 10.1. The number of aromatic nitrogens is 2. The van der Waals surface area contributed by atoms with Gasteiger partial charge in [0.15, 0.2) is 0 Å². The van der Waals surface area contributed by atoms with Crippen LogP contribution in [0.15, 0.2) is 12.5 Å². The SMILES string of the molecule is C[C@@H](N[C@@H](Cc1cnc[nH]1)C(=O)O)[C@H](NC(=O)CN)C(=O)O. The van der Waals surface area contributed by atoms with Crippen LogP contribution in [-0.4, -0.2) is 62.7 Å². The zero-order chi connectivity index (χ0) is 16.7. The Labute approximate surface area is 126 Å². The van der Waals surface area contributed by atoms with Gasteiger partial charge >= 0.3 is 11.9 Å². The number of H-pyrrole nitrogens is 1. The van der Waals surface area contributed by atoms with Gasteiger partial charge in [-0.25, -0.2) is 9.78 Å². The summed E-state index contributed by atoms with van der Waals surface area (Å²) in [6.45, 7) is 1.12. The summed E-state index contributed by atoms with van der Waals surface area (Å²) in [4.78, 5) is 40.3. The van der Waals surface area contributed by atoms with Gasteiger partial charge in [-0.1, -0.05) is 0 Å². The standard InChI is InChI=1S/C12H19N5O5/c1-6(10(12(21)22)17-9(18)3-13)16-8(11(19)20)2-7-4-14-5-15-7/h4-6,8,10,16H,2-3,13H2,1H3,(H,14,15)(H,17,18)(H,19,20)(H,21,22)/t6-,8+,10+/m1/s1. The van der Waals surface area contributed by atoms with Crippen LogP contribution in [-0.2, 0) is 20.8 Å². The summed E-state index contributed by atoms with van der Waals surface area (Å²) in [7, 11) is 0. The van der Waals surface area contributed by atoms with Crippen LogP contribution in [0.3, 0.4) is 0 Å². The Kier molecular flexibility index (Phi) is 6.47. The number of nitrogens with two attached hydrogens (primary N) is 1. The van der Waals surface area contributed by atoms with Crippen molar-refractivity contribution in [3.63, 3.8) is 0 Å². The van der Waals surface area contributed by atoms with Crippen LogP contribution >= 0.6 is 0 Å². The molecule has 0 saturated heterocycles. The number of hydrogen-bond acceptors (Lipinski definition) is 6. The highest BCUT2D eigenvalue weighted by molar-refractivity contribution is 5.85. The maximum atomic E-state index is 11.3. The van der Waals surface area contributed by atoms with Crippen LogP contribution in [0.2, 0.25) is 0 Å². The van der Waals surface area contributed by atoms with Gasteiger partial charge in [0.2, 0.25) is 5.91 Å². The second-order valence-electron chi connectivity index (χ2n) is 4.71. The molecule has 122 valence electrons. The fraction of sp³-hybridized carbons (Fsp3) is 0.500. The third kappa shape index (κ3) is 5.14. The second-order valence-corrected chi connectivity index (χ2v) is 4.71. The van der Waals surface area contributed by atoms with E-state index >= 15 is 0 Å². The summed E-state index contributed by atoms with van der Waals surface area (Å²) in [5.74, 6) is -3.07. The van der Waals surface area contributed by atoms with E-state index in [1.54, 1.807) is 0 Å². The maximum absolute atomic E-state index is 11.3. The molecule has 0 aromatic carbocycles. The summed E-state index contributed by atoms with van der Waals surface area (Å²) in [5, 5.41) is 23.3.